The van der Waals surface area contributed by atoms with Crippen molar-refractivity contribution < 1.29 is 23.8 Å². The van der Waals surface area contributed by atoms with Gasteiger partial charge in [0.25, 0.3) is 0 Å². The summed E-state index contributed by atoms with van der Waals surface area (Å²) in [4.78, 5) is 28.4. The fraction of sp³-hybridized carbons (Fsp3) is 0.333. The summed E-state index contributed by atoms with van der Waals surface area (Å²) in [7, 11) is 0. The van der Waals surface area contributed by atoms with Crippen LogP contribution in [0.15, 0.2) is 60.7 Å². The van der Waals surface area contributed by atoms with Gasteiger partial charge < -0.3 is 24.4 Å². The van der Waals surface area contributed by atoms with E-state index in [2.05, 4.69) is 17.4 Å². The van der Waals surface area contributed by atoms with Crippen molar-refractivity contribution >= 4 is 17.5 Å². The van der Waals surface area contributed by atoms with E-state index in [4.69, 9.17) is 14.2 Å². The summed E-state index contributed by atoms with van der Waals surface area (Å²) < 4.78 is 16.9. The maximum Gasteiger partial charge on any atom is 0.231 e. The van der Waals surface area contributed by atoms with E-state index in [0.29, 0.717) is 30.3 Å². The zero-order valence-corrected chi connectivity index (χ0v) is 16.8. The largest absolute Gasteiger partial charge is 0.454 e. The molecule has 4 heterocycles. The van der Waals surface area contributed by atoms with Crippen molar-refractivity contribution in [2.75, 3.05) is 25.2 Å². The minimum Gasteiger partial charge on any atom is -0.454 e. The number of nitrogens with zero attached hydrogens (tertiary/aromatic N) is 1. The number of hydrogen-bond acceptors (Lipinski definition) is 5. The van der Waals surface area contributed by atoms with Crippen LogP contribution in [0.3, 0.4) is 0 Å². The molecule has 4 aliphatic rings. The third kappa shape index (κ3) is 2.91. The number of benzene rings is 2. The number of carbonyl (C=O) groups excluding carboxylic acids is 2. The van der Waals surface area contributed by atoms with E-state index in [-0.39, 0.29) is 24.7 Å². The van der Waals surface area contributed by atoms with Gasteiger partial charge in [0.05, 0.1) is 24.5 Å². The molecule has 0 aromatic heterocycles. The van der Waals surface area contributed by atoms with Crippen LogP contribution in [0.5, 0.6) is 11.5 Å². The molecule has 4 aliphatic heterocycles. The van der Waals surface area contributed by atoms with Crippen molar-refractivity contribution in [2.45, 2.75) is 18.1 Å². The standard InChI is InChI=1S/C24H22N2O5/c27-22(25-16-6-7-17-19(12-16)30-14-29-17)20-18-8-10-24(31-18)13-26(23(28)21(20)24)11-9-15-4-2-1-3-5-15/h1-8,10,12,18,20-21H,9,11,13-14H2,(H,25,27)/t18-,20+,21+,24+/m1/s1. The van der Waals surface area contributed by atoms with Gasteiger partial charge in [-0.05, 0) is 24.1 Å². The molecule has 1 spiro atoms. The molecule has 31 heavy (non-hydrogen) atoms. The number of fused-ring (bicyclic) bond motifs is 2. The lowest BCUT2D eigenvalue weighted by molar-refractivity contribution is -0.135. The van der Waals surface area contributed by atoms with Gasteiger partial charge in [0.15, 0.2) is 11.5 Å². The van der Waals surface area contributed by atoms with Gasteiger partial charge in [-0.15, -0.1) is 0 Å². The van der Waals surface area contributed by atoms with Crippen molar-refractivity contribution in [3.05, 3.63) is 66.2 Å². The van der Waals surface area contributed by atoms with Crippen LogP contribution in [0.2, 0.25) is 0 Å². The Kier molecular flexibility index (Phi) is 4.08. The molecule has 0 radical (unpaired) electrons. The van der Waals surface area contributed by atoms with Crippen molar-refractivity contribution in [2.24, 2.45) is 11.8 Å². The topological polar surface area (TPSA) is 77.1 Å². The van der Waals surface area contributed by atoms with E-state index in [1.807, 2.05) is 35.3 Å². The van der Waals surface area contributed by atoms with E-state index in [0.717, 1.165) is 6.42 Å². The lowest BCUT2D eigenvalue weighted by Gasteiger charge is -2.23. The van der Waals surface area contributed by atoms with E-state index in [9.17, 15) is 9.59 Å². The van der Waals surface area contributed by atoms with Crippen molar-refractivity contribution in [3.8, 4) is 11.5 Å². The molecular formula is C24H22N2O5. The summed E-state index contributed by atoms with van der Waals surface area (Å²) in [5.41, 5.74) is 1.10. The molecule has 0 unspecified atom stereocenters. The Balaban J connectivity index is 1.19. The lowest BCUT2D eigenvalue weighted by Crippen LogP contribution is -2.41. The predicted octanol–water partition coefficient (Wildman–Crippen LogP) is 2.38. The number of anilines is 1. The molecule has 1 N–H and O–H groups in total. The number of ether oxygens (including phenoxy) is 3. The number of hydrogen-bond donors (Lipinski definition) is 1. The maximum atomic E-state index is 13.3. The highest BCUT2D eigenvalue weighted by atomic mass is 16.7. The van der Waals surface area contributed by atoms with Crippen LogP contribution in [-0.4, -0.2) is 48.3 Å². The summed E-state index contributed by atoms with van der Waals surface area (Å²) in [6.45, 7) is 1.28. The molecule has 6 rings (SSSR count). The Hall–Kier alpha value is -3.32. The highest BCUT2D eigenvalue weighted by molar-refractivity contribution is 5.99. The molecule has 7 nitrogen and oxygen atoms in total. The van der Waals surface area contributed by atoms with Gasteiger partial charge in [-0.3, -0.25) is 9.59 Å². The number of nitrogens with one attached hydrogen (secondary N) is 1. The number of rotatable bonds is 5. The Labute approximate surface area is 179 Å². The zero-order chi connectivity index (χ0) is 21.0. The predicted molar refractivity (Wildman–Crippen MR) is 112 cm³/mol. The highest BCUT2D eigenvalue weighted by Crippen LogP contribution is 2.52. The van der Waals surface area contributed by atoms with Crippen LogP contribution >= 0.6 is 0 Å². The van der Waals surface area contributed by atoms with Gasteiger partial charge in [0, 0.05) is 18.3 Å². The second-order valence-electron chi connectivity index (χ2n) is 8.45. The van der Waals surface area contributed by atoms with Crippen molar-refractivity contribution in [3.63, 3.8) is 0 Å². The summed E-state index contributed by atoms with van der Waals surface area (Å²) in [5, 5.41) is 2.94. The van der Waals surface area contributed by atoms with E-state index in [1.165, 1.54) is 5.56 Å². The van der Waals surface area contributed by atoms with Crippen molar-refractivity contribution in [1.82, 2.24) is 4.90 Å². The Bertz CT molecular complexity index is 1080. The molecule has 2 amide bonds. The Morgan fingerprint density at radius 2 is 1.97 bits per heavy atom. The first-order valence-electron chi connectivity index (χ1n) is 10.5. The normalized spacial score (nSPS) is 29.5. The van der Waals surface area contributed by atoms with Crippen LogP contribution in [0, 0.1) is 11.8 Å². The minimum atomic E-state index is -0.699. The van der Waals surface area contributed by atoms with Crippen LogP contribution in [0.25, 0.3) is 0 Å². The van der Waals surface area contributed by atoms with Gasteiger partial charge in [0.2, 0.25) is 18.6 Å². The molecule has 4 atom stereocenters. The van der Waals surface area contributed by atoms with E-state index < -0.39 is 17.4 Å². The summed E-state index contributed by atoms with van der Waals surface area (Å²) in [6.07, 6.45) is 4.30. The molecule has 2 aromatic carbocycles. The second-order valence-corrected chi connectivity index (χ2v) is 8.45. The molecule has 2 saturated heterocycles. The fourth-order valence-electron chi connectivity index (χ4n) is 5.18. The number of carbonyl (C=O) groups is 2. The smallest absolute Gasteiger partial charge is 0.231 e. The van der Waals surface area contributed by atoms with Gasteiger partial charge in [-0.25, -0.2) is 0 Å². The monoisotopic (exact) mass is 418 g/mol. The zero-order valence-electron chi connectivity index (χ0n) is 16.8. The van der Waals surface area contributed by atoms with Gasteiger partial charge in [-0.2, -0.15) is 0 Å². The Morgan fingerprint density at radius 1 is 1.13 bits per heavy atom. The van der Waals surface area contributed by atoms with Crippen LogP contribution in [0.1, 0.15) is 5.56 Å². The fourth-order valence-corrected chi connectivity index (χ4v) is 5.18. The van der Waals surface area contributed by atoms with Crippen molar-refractivity contribution in [1.29, 1.82) is 0 Å². The average molecular weight is 418 g/mol. The Morgan fingerprint density at radius 3 is 2.84 bits per heavy atom. The maximum absolute atomic E-state index is 13.3. The quantitative estimate of drug-likeness (QED) is 0.755. The average Bonchev–Trinajstić information content (AvgIpc) is 3.53. The molecular weight excluding hydrogens is 396 g/mol. The van der Waals surface area contributed by atoms with Crippen LogP contribution < -0.4 is 14.8 Å². The molecule has 2 fully saturated rings. The molecule has 0 aliphatic carbocycles. The first-order chi connectivity index (χ1) is 15.1. The summed E-state index contributed by atoms with van der Waals surface area (Å²) >= 11 is 0. The van der Waals surface area contributed by atoms with Gasteiger partial charge in [-0.1, -0.05) is 42.5 Å². The molecule has 0 saturated carbocycles. The van der Waals surface area contributed by atoms with Gasteiger partial charge in [0.1, 0.15) is 5.60 Å². The van der Waals surface area contributed by atoms with Gasteiger partial charge >= 0.3 is 0 Å². The molecule has 7 heteroatoms. The minimum absolute atomic E-state index is 0.00591. The van der Waals surface area contributed by atoms with E-state index in [1.54, 1.807) is 18.2 Å². The number of amides is 2. The third-order valence-corrected chi connectivity index (χ3v) is 6.63. The van der Waals surface area contributed by atoms with Crippen LogP contribution in [-0.2, 0) is 20.7 Å². The first-order valence-corrected chi connectivity index (χ1v) is 10.5. The molecule has 2 aromatic rings. The molecule has 158 valence electrons. The second kappa shape index (κ2) is 6.85. The lowest BCUT2D eigenvalue weighted by atomic mass is 9.77. The SMILES string of the molecule is O=C(Nc1ccc2c(c1)OCO2)[C@@H]1[C@H]2C(=O)N(CCc3ccccc3)C[C@@]23C=C[C@H]1O3. The first kappa shape index (κ1) is 18.4. The molecule has 2 bridgehead atoms. The third-order valence-electron chi connectivity index (χ3n) is 6.63. The summed E-state index contributed by atoms with van der Waals surface area (Å²) in [6, 6.07) is 15.4. The van der Waals surface area contributed by atoms with E-state index >= 15 is 0 Å². The van der Waals surface area contributed by atoms with Crippen LogP contribution in [0.4, 0.5) is 5.69 Å². The summed E-state index contributed by atoms with van der Waals surface area (Å²) in [5.74, 6) is -0.00513. The highest BCUT2D eigenvalue weighted by Gasteiger charge is 2.66. The number of likely N-dealkylation sites (tertiary alicyclic amines) is 1.